The maximum atomic E-state index is 4.21. The van der Waals surface area contributed by atoms with E-state index in [1.165, 1.54) is 6.42 Å². The van der Waals surface area contributed by atoms with Crippen molar-refractivity contribution in [2.24, 2.45) is 0 Å². The lowest BCUT2D eigenvalue weighted by Crippen LogP contribution is -2.28. The second-order valence-electron chi connectivity index (χ2n) is 4.17. The summed E-state index contributed by atoms with van der Waals surface area (Å²) < 4.78 is 0. The molecular formula is C12H21N5. The standard InChI is InChI=1S/C12H21N5/c1-2-13-4-6-16-11-8-12(10-15-9-11)17-7-5-14-3-1/h8-10,13-14,16-17H,1-7H2. The van der Waals surface area contributed by atoms with Crippen molar-refractivity contribution in [3.8, 4) is 0 Å². The zero-order chi connectivity index (χ0) is 11.8. The van der Waals surface area contributed by atoms with Gasteiger partial charge in [0.25, 0.3) is 0 Å². The first-order valence-corrected chi connectivity index (χ1v) is 6.29. The van der Waals surface area contributed by atoms with E-state index in [0.29, 0.717) is 0 Å². The maximum Gasteiger partial charge on any atom is 0.0547 e. The number of nitrogens with one attached hydrogen (secondary N) is 4. The smallest absolute Gasteiger partial charge is 0.0547 e. The zero-order valence-electron chi connectivity index (χ0n) is 10.1. The van der Waals surface area contributed by atoms with Gasteiger partial charge in [0.1, 0.15) is 0 Å². The average molecular weight is 235 g/mol. The molecule has 94 valence electrons. The Bertz CT molecular complexity index is 301. The highest BCUT2D eigenvalue weighted by molar-refractivity contribution is 5.53. The van der Waals surface area contributed by atoms with E-state index >= 15 is 0 Å². The van der Waals surface area contributed by atoms with Gasteiger partial charge in [0.15, 0.2) is 0 Å². The van der Waals surface area contributed by atoms with Gasteiger partial charge >= 0.3 is 0 Å². The summed E-state index contributed by atoms with van der Waals surface area (Å²) in [6.45, 7) is 5.97. The Labute approximate surface area is 102 Å². The van der Waals surface area contributed by atoms with Crippen LogP contribution in [-0.4, -0.2) is 44.3 Å². The normalized spacial score (nSPS) is 18.6. The van der Waals surface area contributed by atoms with E-state index in [1.807, 2.05) is 12.4 Å². The number of rotatable bonds is 0. The first-order valence-electron chi connectivity index (χ1n) is 6.29. The molecular weight excluding hydrogens is 214 g/mol. The number of pyridine rings is 1. The van der Waals surface area contributed by atoms with Crippen molar-refractivity contribution in [2.45, 2.75) is 6.42 Å². The molecule has 4 N–H and O–H groups in total. The maximum absolute atomic E-state index is 4.21. The first-order chi connectivity index (χ1) is 8.45. The quantitative estimate of drug-likeness (QED) is 0.527. The number of nitrogens with zero attached hydrogens (tertiary/aromatic N) is 1. The molecule has 0 saturated heterocycles. The molecule has 2 heterocycles. The van der Waals surface area contributed by atoms with E-state index in [9.17, 15) is 0 Å². The van der Waals surface area contributed by atoms with Crippen molar-refractivity contribution < 1.29 is 0 Å². The summed E-state index contributed by atoms with van der Waals surface area (Å²) >= 11 is 0. The van der Waals surface area contributed by atoms with Gasteiger partial charge in [-0.05, 0) is 25.6 Å². The van der Waals surface area contributed by atoms with E-state index < -0.39 is 0 Å². The van der Waals surface area contributed by atoms with Crippen molar-refractivity contribution in [3.63, 3.8) is 0 Å². The van der Waals surface area contributed by atoms with E-state index in [0.717, 1.165) is 50.6 Å². The highest BCUT2D eigenvalue weighted by atomic mass is 15.0. The summed E-state index contributed by atoms with van der Waals surface area (Å²) in [7, 11) is 0. The molecule has 0 amide bonds. The highest BCUT2D eigenvalue weighted by Crippen LogP contribution is 2.11. The Morgan fingerprint density at radius 2 is 1.35 bits per heavy atom. The molecule has 5 heteroatoms. The lowest BCUT2D eigenvalue weighted by Gasteiger charge is -2.12. The van der Waals surface area contributed by atoms with Gasteiger partial charge in [0, 0.05) is 26.2 Å². The van der Waals surface area contributed by atoms with Crippen molar-refractivity contribution >= 4 is 11.4 Å². The molecule has 1 aromatic heterocycles. The fraction of sp³-hybridized carbons (Fsp3) is 0.583. The third-order valence-electron chi connectivity index (χ3n) is 2.71. The minimum Gasteiger partial charge on any atom is -0.382 e. The molecule has 0 saturated carbocycles. The Balaban J connectivity index is 1.91. The first kappa shape index (κ1) is 12.1. The van der Waals surface area contributed by atoms with Gasteiger partial charge in [0.2, 0.25) is 0 Å². The van der Waals surface area contributed by atoms with Crippen LogP contribution in [-0.2, 0) is 0 Å². The van der Waals surface area contributed by atoms with Crippen molar-refractivity contribution in [2.75, 3.05) is 49.9 Å². The molecule has 2 bridgehead atoms. The minimum atomic E-state index is 0.929. The topological polar surface area (TPSA) is 61.0 Å². The van der Waals surface area contributed by atoms with E-state index in [1.54, 1.807) is 0 Å². The lowest BCUT2D eigenvalue weighted by atomic mass is 10.3. The summed E-state index contributed by atoms with van der Waals surface area (Å²) in [5.74, 6) is 0. The van der Waals surface area contributed by atoms with Gasteiger partial charge in [-0.15, -0.1) is 0 Å². The Morgan fingerprint density at radius 3 is 1.94 bits per heavy atom. The molecule has 1 aliphatic heterocycles. The van der Waals surface area contributed by atoms with Crippen LogP contribution in [0.1, 0.15) is 6.42 Å². The van der Waals surface area contributed by atoms with Crippen LogP contribution < -0.4 is 21.3 Å². The van der Waals surface area contributed by atoms with E-state index in [2.05, 4.69) is 32.3 Å². The Morgan fingerprint density at radius 1 is 0.765 bits per heavy atom. The second-order valence-corrected chi connectivity index (χ2v) is 4.17. The largest absolute Gasteiger partial charge is 0.382 e. The number of aromatic nitrogens is 1. The molecule has 0 aliphatic carbocycles. The molecule has 5 nitrogen and oxygen atoms in total. The van der Waals surface area contributed by atoms with Gasteiger partial charge < -0.3 is 21.3 Å². The van der Waals surface area contributed by atoms with Crippen molar-refractivity contribution in [1.82, 2.24) is 15.6 Å². The van der Waals surface area contributed by atoms with Crippen LogP contribution in [0.4, 0.5) is 11.4 Å². The monoisotopic (exact) mass is 235 g/mol. The van der Waals surface area contributed by atoms with Crippen molar-refractivity contribution in [3.05, 3.63) is 18.5 Å². The van der Waals surface area contributed by atoms with Gasteiger partial charge in [-0.2, -0.15) is 0 Å². The van der Waals surface area contributed by atoms with Crippen molar-refractivity contribution in [1.29, 1.82) is 0 Å². The number of anilines is 2. The third kappa shape index (κ3) is 4.58. The van der Waals surface area contributed by atoms with Crippen LogP contribution in [0.5, 0.6) is 0 Å². The fourth-order valence-electron chi connectivity index (χ4n) is 1.81. The van der Waals surface area contributed by atoms with Crippen LogP contribution in [0.15, 0.2) is 18.5 Å². The van der Waals surface area contributed by atoms with E-state index in [4.69, 9.17) is 0 Å². The van der Waals surface area contributed by atoms with Gasteiger partial charge in [-0.1, -0.05) is 0 Å². The molecule has 0 radical (unpaired) electrons. The van der Waals surface area contributed by atoms with Gasteiger partial charge in [-0.25, -0.2) is 0 Å². The molecule has 0 spiro atoms. The van der Waals surface area contributed by atoms with Gasteiger partial charge in [0.05, 0.1) is 23.8 Å². The molecule has 0 atom stereocenters. The summed E-state index contributed by atoms with van der Waals surface area (Å²) in [6.07, 6.45) is 4.89. The van der Waals surface area contributed by atoms with Gasteiger partial charge in [-0.3, -0.25) is 4.98 Å². The predicted octanol–water partition coefficient (Wildman–Crippen LogP) is 0.488. The van der Waals surface area contributed by atoms with E-state index in [-0.39, 0.29) is 0 Å². The lowest BCUT2D eigenvalue weighted by molar-refractivity contribution is 0.608. The molecule has 1 aromatic rings. The summed E-state index contributed by atoms with van der Waals surface area (Å²) in [4.78, 5) is 4.21. The second kappa shape index (κ2) is 7.09. The Hall–Kier alpha value is -1.33. The molecule has 1 aliphatic rings. The molecule has 0 unspecified atom stereocenters. The van der Waals surface area contributed by atoms with Crippen LogP contribution in [0.25, 0.3) is 0 Å². The summed E-state index contributed by atoms with van der Waals surface area (Å²) in [5.41, 5.74) is 2.14. The highest BCUT2D eigenvalue weighted by Gasteiger charge is 1.97. The zero-order valence-corrected chi connectivity index (χ0v) is 10.1. The number of hydrogen-bond donors (Lipinski definition) is 4. The van der Waals surface area contributed by atoms with Crippen LogP contribution >= 0.6 is 0 Å². The molecule has 17 heavy (non-hydrogen) atoms. The SMILES string of the molecule is c1ncc2cc1NCCNCCCNCCN2. The van der Waals surface area contributed by atoms with Crippen LogP contribution in [0.2, 0.25) is 0 Å². The van der Waals surface area contributed by atoms with Crippen LogP contribution in [0.3, 0.4) is 0 Å². The fourth-order valence-corrected chi connectivity index (χ4v) is 1.81. The predicted molar refractivity (Wildman–Crippen MR) is 71.6 cm³/mol. The number of fused-ring (bicyclic) bond motifs is 2. The third-order valence-corrected chi connectivity index (χ3v) is 2.71. The Kier molecular flexibility index (Phi) is 5.06. The molecule has 0 fully saturated rings. The number of hydrogen-bond acceptors (Lipinski definition) is 5. The molecule has 2 rings (SSSR count). The minimum absolute atomic E-state index is 0.929. The summed E-state index contributed by atoms with van der Waals surface area (Å²) in [5, 5.41) is 13.5. The summed E-state index contributed by atoms with van der Waals surface area (Å²) in [6, 6.07) is 2.10. The average Bonchev–Trinajstić information content (AvgIpc) is 2.36. The molecule has 0 aromatic carbocycles. The van der Waals surface area contributed by atoms with Crippen LogP contribution in [0, 0.1) is 0 Å².